The number of hydrogen-bond donors (Lipinski definition) is 2. The predicted molar refractivity (Wildman–Crippen MR) is 71.7 cm³/mol. The molecule has 0 aliphatic heterocycles. The minimum Gasteiger partial charge on any atom is -0.332 e. The van der Waals surface area contributed by atoms with Gasteiger partial charge in [0.05, 0.1) is 6.20 Å². The third-order valence-corrected chi connectivity index (χ3v) is 4.49. The van der Waals surface area contributed by atoms with Gasteiger partial charge in [0.2, 0.25) is 0 Å². The molecule has 1 aromatic heterocycles. The quantitative estimate of drug-likeness (QED) is 0.876. The van der Waals surface area contributed by atoms with E-state index in [0.29, 0.717) is 11.7 Å². The van der Waals surface area contributed by atoms with E-state index in [-0.39, 0.29) is 11.6 Å². The molecular weight excluding hydrogens is 242 g/mol. The van der Waals surface area contributed by atoms with Gasteiger partial charge < -0.3 is 5.32 Å². The zero-order valence-corrected chi connectivity index (χ0v) is 11.4. The van der Waals surface area contributed by atoms with Crippen LogP contribution in [0.5, 0.6) is 0 Å². The lowest BCUT2D eigenvalue weighted by atomic mass is 9.82. The molecule has 1 heterocycles. The normalized spacial score (nSPS) is 21.9. The fourth-order valence-corrected chi connectivity index (χ4v) is 3.20. The molecule has 0 radical (unpaired) electrons. The van der Waals surface area contributed by atoms with E-state index in [1.54, 1.807) is 17.9 Å². The Bertz CT molecular complexity index is 459. The smallest absolute Gasteiger partial charge is 0.320 e. The van der Waals surface area contributed by atoms with Gasteiger partial charge in [-0.15, -0.1) is 5.10 Å². The van der Waals surface area contributed by atoms with E-state index < -0.39 is 0 Å². The number of nitrogens with one attached hydrogen (secondary N) is 2. The number of nitrogens with zero attached hydrogens (tertiary/aromatic N) is 3. The molecule has 0 aromatic carbocycles. The highest BCUT2D eigenvalue weighted by molar-refractivity contribution is 5.89. The van der Waals surface area contributed by atoms with Gasteiger partial charge >= 0.3 is 6.03 Å². The Morgan fingerprint density at radius 2 is 2.11 bits per heavy atom. The summed E-state index contributed by atoms with van der Waals surface area (Å²) in [6.45, 7) is 0. The highest BCUT2D eigenvalue weighted by atomic mass is 16.2. The summed E-state index contributed by atoms with van der Waals surface area (Å²) >= 11 is 0. The number of anilines is 1. The zero-order chi connectivity index (χ0) is 13.3. The Kier molecular flexibility index (Phi) is 3.16. The number of rotatable bonds is 3. The second-order valence-electron chi connectivity index (χ2n) is 5.81. The Morgan fingerprint density at radius 1 is 1.37 bits per heavy atom. The van der Waals surface area contributed by atoms with Crippen molar-refractivity contribution in [3.63, 3.8) is 0 Å². The largest absolute Gasteiger partial charge is 0.332 e. The van der Waals surface area contributed by atoms with Crippen LogP contribution in [-0.4, -0.2) is 26.6 Å². The summed E-state index contributed by atoms with van der Waals surface area (Å²) in [6, 6.07) is -0.131. The van der Waals surface area contributed by atoms with Gasteiger partial charge in [-0.1, -0.05) is 24.5 Å². The first-order valence-electron chi connectivity index (χ1n) is 7.13. The maximum absolute atomic E-state index is 12.1. The van der Waals surface area contributed by atoms with Crippen molar-refractivity contribution in [2.75, 3.05) is 5.32 Å². The lowest BCUT2D eigenvalue weighted by molar-refractivity contribution is 0.224. The van der Waals surface area contributed by atoms with E-state index in [1.807, 2.05) is 0 Å². The highest BCUT2D eigenvalue weighted by Gasteiger charge is 2.50. The average Bonchev–Trinajstić information content (AvgIpc) is 3.09. The second-order valence-corrected chi connectivity index (χ2v) is 5.81. The van der Waals surface area contributed by atoms with E-state index in [1.165, 1.54) is 32.1 Å². The number of amides is 2. The Labute approximate surface area is 112 Å². The van der Waals surface area contributed by atoms with Crippen molar-refractivity contribution in [2.24, 2.45) is 13.0 Å². The van der Waals surface area contributed by atoms with Crippen LogP contribution in [0.4, 0.5) is 10.6 Å². The van der Waals surface area contributed by atoms with Crippen molar-refractivity contribution in [3.05, 3.63) is 6.20 Å². The van der Waals surface area contributed by atoms with Gasteiger partial charge in [0, 0.05) is 12.6 Å². The van der Waals surface area contributed by atoms with Crippen molar-refractivity contribution in [3.8, 4) is 0 Å². The van der Waals surface area contributed by atoms with Crippen molar-refractivity contribution in [1.82, 2.24) is 20.3 Å². The van der Waals surface area contributed by atoms with Crippen LogP contribution in [0.1, 0.15) is 44.9 Å². The molecule has 2 aliphatic carbocycles. The second kappa shape index (κ2) is 4.83. The summed E-state index contributed by atoms with van der Waals surface area (Å²) in [5.41, 5.74) is 0.0660. The van der Waals surface area contributed by atoms with E-state index in [2.05, 4.69) is 20.9 Å². The fraction of sp³-hybridized carbons (Fsp3) is 0.769. The van der Waals surface area contributed by atoms with Crippen molar-refractivity contribution in [1.29, 1.82) is 0 Å². The molecule has 104 valence electrons. The number of carbonyl (C=O) groups excluding carboxylic acids is 1. The van der Waals surface area contributed by atoms with Gasteiger partial charge in [-0.2, -0.15) is 0 Å². The van der Waals surface area contributed by atoms with Crippen molar-refractivity contribution >= 4 is 11.8 Å². The molecule has 6 nitrogen and oxygen atoms in total. The van der Waals surface area contributed by atoms with E-state index in [9.17, 15) is 4.79 Å². The first-order chi connectivity index (χ1) is 9.20. The highest BCUT2D eigenvalue weighted by Crippen LogP contribution is 2.48. The van der Waals surface area contributed by atoms with E-state index >= 15 is 0 Å². The van der Waals surface area contributed by atoms with Crippen LogP contribution in [0.15, 0.2) is 6.20 Å². The molecule has 19 heavy (non-hydrogen) atoms. The number of hydrogen-bond acceptors (Lipinski definition) is 3. The third kappa shape index (κ3) is 2.57. The Balaban J connectivity index is 1.58. The molecule has 0 bridgehead atoms. The van der Waals surface area contributed by atoms with Gasteiger partial charge in [-0.05, 0) is 31.6 Å². The van der Waals surface area contributed by atoms with Crippen molar-refractivity contribution < 1.29 is 4.79 Å². The SMILES string of the molecule is Cn1nncc1NC(=O)NC1(C2CCCCC2)CC1. The van der Waals surface area contributed by atoms with Gasteiger partial charge in [-0.25, -0.2) is 9.48 Å². The lowest BCUT2D eigenvalue weighted by Gasteiger charge is -2.31. The first-order valence-corrected chi connectivity index (χ1v) is 7.13. The summed E-state index contributed by atoms with van der Waals surface area (Å²) in [5, 5.41) is 13.5. The molecule has 6 heteroatoms. The minimum atomic E-state index is -0.131. The Morgan fingerprint density at radius 3 is 2.68 bits per heavy atom. The Hall–Kier alpha value is -1.59. The summed E-state index contributed by atoms with van der Waals surface area (Å²) in [6.07, 6.45) is 10.3. The summed E-state index contributed by atoms with van der Waals surface area (Å²) < 4.78 is 1.56. The number of aromatic nitrogens is 3. The summed E-state index contributed by atoms with van der Waals surface area (Å²) in [4.78, 5) is 12.1. The predicted octanol–water partition coefficient (Wildman–Crippen LogP) is 2.05. The van der Waals surface area contributed by atoms with Crippen LogP contribution in [-0.2, 0) is 7.05 Å². The van der Waals surface area contributed by atoms with Gasteiger partial charge in [-0.3, -0.25) is 5.32 Å². The van der Waals surface area contributed by atoms with Crippen LogP contribution in [0, 0.1) is 5.92 Å². The maximum atomic E-state index is 12.1. The molecule has 0 saturated heterocycles. The zero-order valence-electron chi connectivity index (χ0n) is 11.4. The van der Waals surface area contributed by atoms with E-state index in [4.69, 9.17) is 0 Å². The number of carbonyl (C=O) groups is 1. The molecule has 2 N–H and O–H groups in total. The molecular formula is C13H21N5O. The molecule has 0 atom stereocenters. The van der Waals surface area contributed by atoms with Crippen LogP contribution in [0.3, 0.4) is 0 Å². The van der Waals surface area contributed by atoms with Crippen LogP contribution in [0.25, 0.3) is 0 Å². The standard InChI is InChI=1S/C13H21N5O/c1-18-11(9-14-17-18)15-12(19)16-13(7-8-13)10-5-3-2-4-6-10/h9-10H,2-8H2,1H3,(H2,15,16,19). The van der Waals surface area contributed by atoms with Gasteiger partial charge in [0.15, 0.2) is 5.82 Å². The topological polar surface area (TPSA) is 71.8 Å². The lowest BCUT2D eigenvalue weighted by Crippen LogP contribution is -2.45. The summed E-state index contributed by atoms with van der Waals surface area (Å²) in [7, 11) is 1.76. The fourth-order valence-electron chi connectivity index (χ4n) is 3.20. The van der Waals surface area contributed by atoms with Crippen molar-refractivity contribution in [2.45, 2.75) is 50.5 Å². The molecule has 1 aromatic rings. The number of urea groups is 1. The van der Waals surface area contributed by atoms with Crippen LogP contribution >= 0.6 is 0 Å². The van der Waals surface area contributed by atoms with Crippen LogP contribution < -0.4 is 10.6 Å². The summed E-state index contributed by atoms with van der Waals surface area (Å²) in [5.74, 6) is 1.29. The molecule has 2 aliphatic rings. The number of aryl methyl sites for hydroxylation is 1. The molecule has 2 fully saturated rings. The van der Waals surface area contributed by atoms with Gasteiger partial charge in [0.25, 0.3) is 0 Å². The van der Waals surface area contributed by atoms with E-state index in [0.717, 1.165) is 12.8 Å². The third-order valence-electron chi connectivity index (χ3n) is 4.49. The molecule has 2 amide bonds. The molecule has 0 unspecified atom stereocenters. The maximum Gasteiger partial charge on any atom is 0.320 e. The molecule has 3 rings (SSSR count). The average molecular weight is 263 g/mol. The molecule has 2 saturated carbocycles. The minimum absolute atomic E-state index is 0.0660. The monoisotopic (exact) mass is 263 g/mol. The first kappa shape index (κ1) is 12.4. The van der Waals surface area contributed by atoms with Crippen LogP contribution in [0.2, 0.25) is 0 Å². The van der Waals surface area contributed by atoms with Gasteiger partial charge in [0.1, 0.15) is 0 Å². The molecule has 0 spiro atoms.